The molecule has 100 valence electrons. The lowest BCUT2D eigenvalue weighted by atomic mass is 10.0. The molecule has 2 rings (SSSR count). The van der Waals surface area contributed by atoms with E-state index in [1.165, 1.54) is 0 Å². The fraction of sp³-hybridized carbons (Fsp3) is 0.615. The Labute approximate surface area is 117 Å². The molecule has 4 nitrogen and oxygen atoms in total. The van der Waals surface area contributed by atoms with Crippen molar-refractivity contribution in [3.05, 3.63) is 28.5 Å². The Hall–Kier alpha value is -0.490. The number of hydrogen-bond donors (Lipinski definition) is 1. The van der Waals surface area contributed by atoms with E-state index < -0.39 is 0 Å². The van der Waals surface area contributed by atoms with Crippen LogP contribution >= 0.6 is 15.9 Å². The van der Waals surface area contributed by atoms with Gasteiger partial charge < -0.3 is 10.0 Å². The first kappa shape index (κ1) is 13.9. The maximum atomic E-state index is 10.4. The van der Waals surface area contributed by atoms with Crippen molar-refractivity contribution in [2.75, 3.05) is 33.7 Å². The summed E-state index contributed by atoms with van der Waals surface area (Å²) in [6.07, 6.45) is 3.88. The van der Waals surface area contributed by atoms with Crippen LogP contribution in [0.15, 0.2) is 22.9 Å². The highest BCUT2D eigenvalue weighted by atomic mass is 79.9. The van der Waals surface area contributed by atoms with Crippen LogP contribution in [-0.4, -0.2) is 65.8 Å². The maximum Gasteiger partial charge on any atom is 0.0748 e. The number of piperazine rings is 1. The van der Waals surface area contributed by atoms with E-state index in [0.29, 0.717) is 6.42 Å². The normalized spacial score (nSPS) is 24.1. The van der Waals surface area contributed by atoms with E-state index in [-0.39, 0.29) is 12.1 Å². The monoisotopic (exact) mass is 313 g/mol. The van der Waals surface area contributed by atoms with E-state index >= 15 is 0 Å². The first-order valence-electron chi connectivity index (χ1n) is 6.22. The Morgan fingerprint density at radius 2 is 2.22 bits per heavy atom. The van der Waals surface area contributed by atoms with Gasteiger partial charge in [0.15, 0.2) is 0 Å². The van der Waals surface area contributed by atoms with E-state index in [1.807, 2.05) is 12.3 Å². The zero-order valence-electron chi connectivity index (χ0n) is 10.9. The SMILES string of the molecule is CN1CCN(C)C(C(O)Cc2cncc(Br)c2)C1. The molecular weight excluding hydrogens is 294 g/mol. The summed E-state index contributed by atoms with van der Waals surface area (Å²) in [6, 6.07) is 2.21. The first-order chi connectivity index (χ1) is 8.56. The highest BCUT2D eigenvalue weighted by Gasteiger charge is 2.28. The van der Waals surface area contributed by atoms with Crippen LogP contribution in [-0.2, 0) is 6.42 Å². The molecule has 0 radical (unpaired) electrons. The number of aliphatic hydroxyl groups excluding tert-OH is 1. The fourth-order valence-electron chi connectivity index (χ4n) is 2.40. The van der Waals surface area contributed by atoms with E-state index in [4.69, 9.17) is 0 Å². The lowest BCUT2D eigenvalue weighted by molar-refractivity contribution is 0.0152. The predicted molar refractivity (Wildman–Crippen MR) is 75.6 cm³/mol. The van der Waals surface area contributed by atoms with Crippen molar-refractivity contribution in [1.82, 2.24) is 14.8 Å². The summed E-state index contributed by atoms with van der Waals surface area (Å²) < 4.78 is 0.960. The van der Waals surface area contributed by atoms with Gasteiger partial charge in [-0.25, -0.2) is 0 Å². The molecule has 18 heavy (non-hydrogen) atoms. The molecular formula is C13H20BrN3O. The van der Waals surface area contributed by atoms with Gasteiger partial charge in [-0.1, -0.05) is 0 Å². The molecule has 1 aliphatic heterocycles. The summed E-state index contributed by atoms with van der Waals surface area (Å²) in [5, 5.41) is 10.4. The van der Waals surface area contributed by atoms with Gasteiger partial charge in [-0.05, 0) is 41.7 Å². The van der Waals surface area contributed by atoms with Gasteiger partial charge in [-0.3, -0.25) is 9.88 Å². The lowest BCUT2D eigenvalue weighted by Crippen LogP contribution is -2.55. The van der Waals surface area contributed by atoms with Crippen LogP contribution in [0.5, 0.6) is 0 Å². The molecule has 1 saturated heterocycles. The summed E-state index contributed by atoms with van der Waals surface area (Å²) in [4.78, 5) is 8.65. The Morgan fingerprint density at radius 3 is 2.94 bits per heavy atom. The molecule has 1 aromatic rings. The van der Waals surface area contributed by atoms with Gasteiger partial charge in [0.25, 0.3) is 0 Å². The third kappa shape index (κ3) is 3.51. The van der Waals surface area contributed by atoms with Crippen molar-refractivity contribution in [3.63, 3.8) is 0 Å². The molecule has 1 aromatic heterocycles. The topological polar surface area (TPSA) is 39.6 Å². The largest absolute Gasteiger partial charge is 0.391 e. The van der Waals surface area contributed by atoms with Gasteiger partial charge in [0.2, 0.25) is 0 Å². The minimum absolute atomic E-state index is 0.197. The van der Waals surface area contributed by atoms with E-state index in [9.17, 15) is 5.11 Å². The number of likely N-dealkylation sites (N-methyl/N-ethyl adjacent to an activating group) is 2. The van der Waals surface area contributed by atoms with Crippen molar-refractivity contribution in [1.29, 1.82) is 0 Å². The molecule has 2 unspecified atom stereocenters. The number of aromatic nitrogens is 1. The number of pyridine rings is 1. The minimum Gasteiger partial charge on any atom is -0.391 e. The van der Waals surface area contributed by atoms with Crippen molar-refractivity contribution in [2.45, 2.75) is 18.6 Å². The van der Waals surface area contributed by atoms with Crippen LogP contribution in [0.4, 0.5) is 0 Å². The average molecular weight is 314 g/mol. The number of halogens is 1. The standard InChI is InChI=1S/C13H20BrN3O/c1-16-3-4-17(2)12(9-16)13(18)6-10-5-11(14)8-15-7-10/h5,7-8,12-13,18H,3-4,6,9H2,1-2H3. The summed E-state index contributed by atoms with van der Waals surface area (Å²) in [6.45, 7) is 2.99. The molecule has 0 aromatic carbocycles. The molecule has 0 saturated carbocycles. The number of rotatable bonds is 3. The Kier molecular flexibility index (Phi) is 4.72. The molecule has 1 fully saturated rings. The molecule has 0 spiro atoms. The fourth-order valence-corrected chi connectivity index (χ4v) is 2.82. The van der Waals surface area contributed by atoms with Crippen molar-refractivity contribution >= 4 is 15.9 Å². The van der Waals surface area contributed by atoms with Gasteiger partial charge >= 0.3 is 0 Å². The second-order valence-corrected chi connectivity index (χ2v) is 6.01. The minimum atomic E-state index is -0.353. The third-order valence-corrected chi connectivity index (χ3v) is 3.98. The molecule has 0 bridgehead atoms. The highest BCUT2D eigenvalue weighted by molar-refractivity contribution is 9.10. The smallest absolute Gasteiger partial charge is 0.0748 e. The average Bonchev–Trinajstić information content (AvgIpc) is 2.32. The number of hydrogen-bond acceptors (Lipinski definition) is 4. The van der Waals surface area contributed by atoms with Crippen LogP contribution in [0.3, 0.4) is 0 Å². The highest BCUT2D eigenvalue weighted by Crippen LogP contribution is 2.16. The predicted octanol–water partition coefficient (Wildman–Crippen LogP) is 0.993. The second-order valence-electron chi connectivity index (χ2n) is 5.09. The van der Waals surface area contributed by atoms with Crippen LogP contribution < -0.4 is 0 Å². The second kappa shape index (κ2) is 6.10. The van der Waals surface area contributed by atoms with Gasteiger partial charge in [-0.2, -0.15) is 0 Å². The number of aliphatic hydroxyl groups is 1. The summed E-state index contributed by atoms with van der Waals surface area (Å²) in [5.41, 5.74) is 1.07. The quantitative estimate of drug-likeness (QED) is 0.903. The summed E-state index contributed by atoms with van der Waals surface area (Å²) in [7, 11) is 4.19. The van der Waals surface area contributed by atoms with Crippen LogP contribution in [0.1, 0.15) is 5.56 Å². The van der Waals surface area contributed by atoms with Gasteiger partial charge in [0.1, 0.15) is 0 Å². The van der Waals surface area contributed by atoms with Crippen LogP contribution in [0, 0.1) is 0 Å². The van der Waals surface area contributed by atoms with Crippen molar-refractivity contribution in [3.8, 4) is 0 Å². The Morgan fingerprint density at radius 1 is 1.44 bits per heavy atom. The number of nitrogens with zero attached hydrogens (tertiary/aromatic N) is 3. The summed E-state index contributed by atoms with van der Waals surface area (Å²) in [5.74, 6) is 0. The third-order valence-electron chi connectivity index (χ3n) is 3.55. The van der Waals surface area contributed by atoms with E-state index in [2.05, 4.69) is 44.8 Å². The lowest BCUT2D eigenvalue weighted by Gasteiger charge is -2.40. The zero-order valence-corrected chi connectivity index (χ0v) is 12.5. The maximum absolute atomic E-state index is 10.4. The molecule has 2 heterocycles. The zero-order chi connectivity index (χ0) is 13.1. The van der Waals surface area contributed by atoms with E-state index in [1.54, 1.807) is 6.20 Å². The molecule has 0 aliphatic carbocycles. The molecule has 0 amide bonds. The molecule has 1 aliphatic rings. The van der Waals surface area contributed by atoms with Crippen LogP contribution in [0.2, 0.25) is 0 Å². The van der Waals surface area contributed by atoms with Crippen LogP contribution in [0.25, 0.3) is 0 Å². The van der Waals surface area contributed by atoms with Crippen molar-refractivity contribution < 1.29 is 5.11 Å². The molecule has 1 N–H and O–H groups in total. The molecule has 2 atom stereocenters. The van der Waals surface area contributed by atoms with E-state index in [0.717, 1.165) is 29.7 Å². The Bertz CT molecular complexity index is 402. The first-order valence-corrected chi connectivity index (χ1v) is 7.02. The van der Waals surface area contributed by atoms with Gasteiger partial charge in [0.05, 0.1) is 6.10 Å². The van der Waals surface area contributed by atoms with Gasteiger partial charge in [0, 0.05) is 49.0 Å². The summed E-state index contributed by atoms with van der Waals surface area (Å²) >= 11 is 3.41. The van der Waals surface area contributed by atoms with Crippen molar-refractivity contribution in [2.24, 2.45) is 0 Å². The van der Waals surface area contributed by atoms with Gasteiger partial charge in [-0.15, -0.1) is 0 Å². The molecule has 5 heteroatoms. The Balaban J connectivity index is 2.00.